The van der Waals surface area contributed by atoms with Gasteiger partial charge in [-0.15, -0.1) is 0 Å². The molecule has 2 saturated heterocycles. The molecule has 3 fully saturated rings. The average molecular weight is 181 g/mol. The minimum Gasteiger partial charge on any atom is -0.365 e. The van der Waals surface area contributed by atoms with Gasteiger partial charge < -0.3 is 4.74 Å². The molecule has 74 valence electrons. The van der Waals surface area contributed by atoms with Gasteiger partial charge in [-0.1, -0.05) is 6.92 Å². The molecule has 0 bridgehead atoms. The molecule has 0 aromatic heterocycles. The number of ether oxygens (including phenoxy) is 1. The summed E-state index contributed by atoms with van der Waals surface area (Å²) < 4.78 is 5.81. The Hall–Kier alpha value is -0.0800. The van der Waals surface area contributed by atoms with Crippen LogP contribution >= 0.6 is 0 Å². The van der Waals surface area contributed by atoms with E-state index in [2.05, 4.69) is 11.8 Å². The van der Waals surface area contributed by atoms with Crippen LogP contribution in [0.1, 0.15) is 32.6 Å². The van der Waals surface area contributed by atoms with Gasteiger partial charge in [-0.05, 0) is 31.6 Å². The molecule has 2 nitrogen and oxygen atoms in total. The van der Waals surface area contributed by atoms with Crippen molar-refractivity contribution in [3.63, 3.8) is 0 Å². The van der Waals surface area contributed by atoms with Crippen molar-refractivity contribution in [2.45, 2.75) is 44.3 Å². The van der Waals surface area contributed by atoms with E-state index in [0.29, 0.717) is 11.7 Å². The summed E-state index contributed by atoms with van der Waals surface area (Å²) in [6.45, 7) is 6.10. The fourth-order valence-electron chi connectivity index (χ4n) is 2.71. The Morgan fingerprint density at radius 2 is 2.23 bits per heavy atom. The maximum absolute atomic E-state index is 5.81. The van der Waals surface area contributed by atoms with Gasteiger partial charge in [-0.25, -0.2) is 0 Å². The van der Waals surface area contributed by atoms with Crippen LogP contribution in [-0.4, -0.2) is 36.2 Å². The van der Waals surface area contributed by atoms with Gasteiger partial charge in [0, 0.05) is 19.6 Å². The highest BCUT2D eigenvalue weighted by molar-refractivity contribution is 5.07. The zero-order valence-electron chi connectivity index (χ0n) is 8.46. The predicted molar refractivity (Wildman–Crippen MR) is 51.7 cm³/mol. The predicted octanol–water partition coefficient (Wildman–Crippen LogP) is 1.65. The maximum Gasteiger partial charge on any atom is 0.107 e. The molecule has 0 spiro atoms. The van der Waals surface area contributed by atoms with Gasteiger partial charge in [-0.3, -0.25) is 4.90 Å². The molecule has 2 heteroatoms. The fourth-order valence-corrected chi connectivity index (χ4v) is 2.71. The lowest BCUT2D eigenvalue weighted by Crippen LogP contribution is -2.42. The minimum atomic E-state index is 0.299. The molecule has 0 radical (unpaired) electrons. The highest BCUT2D eigenvalue weighted by Crippen LogP contribution is 2.46. The largest absolute Gasteiger partial charge is 0.365 e. The lowest BCUT2D eigenvalue weighted by atomic mass is 9.95. The van der Waals surface area contributed by atoms with Crippen molar-refractivity contribution in [2.24, 2.45) is 5.92 Å². The molecule has 2 heterocycles. The van der Waals surface area contributed by atoms with Crippen LogP contribution < -0.4 is 0 Å². The van der Waals surface area contributed by atoms with E-state index in [9.17, 15) is 0 Å². The Balaban J connectivity index is 1.59. The first-order valence-corrected chi connectivity index (χ1v) is 5.72. The number of piperidine rings is 1. The third kappa shape index (κ3) is 1.40. The second-order valence-electron chi connectivity index (χ2n) is 4.99. The number of epoxide rings is 1. The minimum absolute atomic E-state index is 0.299. The van der Waals surface area contributed by atoms with E-state index in [4.69, 9.17) is 4.74 Å². The third-order valence-electron chi connectivity index (χ3n) is 3.92. The summed E-state index contributed by atoms with van der Waals surface area (Å²) in [7, 11) is 0. The van der Waals surface area contributed by atoms with Crippen LogP contribution in [0.2, 0.25) is 0 Å². The number of hydrogen-bond donors (Lipinski definition) is 0. The Morgan fingerprint density at radius 3 is 2.92 bits per heavy atom. The average Bonchev–Trinajstić information content (AvgIpc) is 2.98. The first-order chi connectivity index (χ1) is 6.32. The van der Waals surface area contributed by atoms with Crippen molar-refractivity contribution in [3.05, 3.63) is 0 Å². The summed E-state index contributed by atoms with van der Waals surface area (Å²) in [5.74, 6) is 1.03. The van der Waals surface area contributed by atoms with Crippen molar-refractivity contribution in [1.29, 1.82) is 0 Å². The Bertz CT molecular complexity index is 214. The number of rotatable bonds is 3. The molecule has 0 N–H and O–H groups in total. The van der Waals surface area contributed by atoms with E-state index in [-0.39, 0.29) is 0 Å². The highest BCUT2D eigenvalue weighted by atomic mass is 16.6. The van der Waals surface area contributed by atoms with Gasteiger partial charge in [0.05, 0.1) is 6.10 Å². The lowest BCUT2D eigenvalue weighted by molar-refractivity contribution is 0.179. The number of likely N-dealkylation sites (tertiary alicyclic amines) is 1. The maximum atomic E-state index is 5.81. The Morgan fingerprint density at radius 1 is 1.38 bits per heavy atom. The van der Waals surface area contributed by atoms with Gasteiger partial charge in [0.2, 0.25) is 0 Å². The van der Waals surface area contributed by atoms with E-state index in [1.807, 2.05) is 0 Å². The summed E-state index contributed by atoms with van der Waals surface area (Å²) >= 11 is 0. The summed E-state index contributed by atoms with van der Waals surface area (Å²) in [6.07, 6.45) is 6.05. The zero-order chi connectivity index (χ0) is 8.89. The molecular formula is C11H19NO. The molecular weight excluding hydrogens is 162 g/mol. The SMILES string of the molecule is CC[C@]12CN(CC3CC3)CC[C@H]1O2. The van der Waals surface area contributed by atoms with E-state index < -0.39 is 0 Å². The molecule has 1 aliphatic carbocycles. The van der Waals surface area contributed by atoms with Gasteiger partial charge in [0.1, 0.15) is 5.60 Å². The second-order valence-corrected chi connectivity index (χ2v) is 4.99. The van der Waals surface area contributed by atoms with Gasteiger partial charge in [-0.2, -0.15) is 0 Å². The second kappa shape index (κ2) is 2.71. The van der Waals surface area contributed by atoms with Crippen LogP contribution in [-0.2, 0) is 4.74 Å². The van der Waals surface area contributed by atoms with E-state index in [0.717, 1.165) is 5.92 Å². The van der Waals surface area contributed by atoms with Crippen molar-refractivity contribution in [2.75, 3.05) is 19.6 Å². The monoisotopic (exact) mass is 181 g/mol. The van der Waals surface area contributed by atoms with Crippen LogP contribution in [0.3, 0.4) is 0 Å². The van der Waals surface area contributed by atoms with Gasteiger partial charge in [0.15, 0.2) is 0 Å². The molecule has 3 rings (SSSR count). The number of nitrogens with zero attached hydrogens (tertiary/aromatic N) is 1. The Kier molecular flexibility index (Phi) is 1.72. The van der Waals surface area contributed by atoms with Crippen LogP contribution in [0, 0.1) is 5.92 Å². The van der Waals surface area contributed by atoms with E-state index in [1.54, 1.807) is 0 Å². The molecule has 3 aliphatic rings. The van der Waals surface area contributed by atoms with Crippen molar-refractivity contribution >= 4 is 0 Å². The molecule has 1 saturated carbocycles. The summed E-state index contributed by atoms with van der Waals surface area (Å²) in [6, 6.07) is 0. The number of hydrogen-bond acceptors (Lipinski definition) is 2. The van der Waals surface area contributed by atoms with Crippen molar-refractivity contribution in [3.8, 4) is 0 Å². The Labute approximate surface area is 80.2 Å². The number of fused-ring (bicyclic) bond motifs is 1. The van der Waals surface area contributed by atoms with Crippen LogP contribution in [0.25, 0.3) is 0 Å². The summed E-state index contributed by atoms with van der Waals surface area (Å²) in [4.78, 5) is 2.63. The van der Waals surface area contributed by atoms with Gasteiger partial charge >= 0.3 is 0 Å². The molecule has 0 amide bonds. The molecule has 0 aromatic rings. The molecule has 0 unspecified atom stereocenters. The molecule has 2 atom stereocenters. The first-order valence-electron chi connectivity index (χ1n) is 5.72. The molecule has 2 aliphatic heterocycles. The van der Waals surface area contributed by atoms with E-state index >= 15 is 0 Å². The smallest absolute Gasteiger partial charge is 0.107 e. The quantitative estimate of drug-likeness (QED) is 0.615. The summed E-state index contributed by atoms with van der Waals surface area (Å²) in [5.41, 5.74) is 0.299. The van der Waals surface area contributed by atoms with Crippen LogP contribution in [0.5, 0.6) is 0 Å². The lowest BCUT2D eigenvalue weighted by Gasteiger charge is -2.29. The molecule has 13 heavy (non-hydrogen) atoms. The van der Waals surface area contributed by atoms with Crippen LogP contribution in [0.15, 0.2) is 0 Å². The van der Waals surface area contributed by atoms with Crippen molar-refractivity contribution < 1.29 is 4.74 Å². The normalized spacial score (nSPS) is 44.5. The topological polar surface area (TPSA) is 15.8 Å². The van der Waals surface area contributed by atoms with Gasteiger partial charge in [0.25, 0.3) is 0 Å². The first kappa shape index (κ1) is 8.25. The standard InChI is InChI=1S/C11H19NO/c1-2-11-8-12(7-9-3-4-9)6-5-10(11)13-11/h9-10H,2-8H2,1H3/t10-,11+/m1/s1. The van der Waals surface area contributed by atoms with E-state index in [1.165, 1.54) is 45.3 Å². The molecule has 0 aromatic carbocycles. The third-order valence-corrected chi connectivity index (χ3v) is 3.92. The summed E-state index contributed by atoms with van der Waals surface area (Å²) in [5, 5.41) is 0. The van der Waals surface area contributed by atoms with Crippen molar-refractivity contribution in [1.82, 2.24) is 4.90 Å². The highest BCUT2D eigenvalue weighted by Gasteiger charge is 2.57. The fraction of sp³-hybridized carbons (Fsp3) is 1.00. The van der Waals surface area contributed by atoms with Crippen LogP contribution in [0.4, 0.5) is 0 Å². The zero-order valence-corrected chi connectivity index (χ0v) is 8.46.